The van der Waals surface area contributed by atoms with Crippen LogP contribution in [0.5, 0.6) is 0 Å². The lowest BCUT2D eigenvalue weighted by Crippen LogP contribution is -2.24. The van der Waals surface area contributed by atoms with Crippen molar-refractivity contribution in [3.05, 3.63) is 68.7 Å². The highest BCUT2D eigenvalue weighted by Gasteiger charge is 2.14. The lowest BCUT2D eigenvalue weighted by molar-refractivity contribution is 0.0970. The number of Topliss-reactive ketones (excluding diaryl/α,β-unsaturated/α-hetero) is 1. The van der Waals surface area contributed by atoms with Crippen molar-refractivity contribution in [2.45, 2.75) is 32.9 Å². The van der Waals surface area contributed by atoms with E-state index >= 15 is 0 Å². The molecule has 0 N–H and O–H groups in total. The van der Waals surface area contributed by atoms with Gasteiger partial charge in [0.15, 0.2) is 15.4 Å². The Kier molecular flexibility index (Phi) is 5.58. The minimum Gasteiger partial charge on any atom is -0.304 e. The molecule has 0 spiro atoms. The van der Waals surface area contributed by atoms with Crippen molar-refractivity contribution in [3.8, 4) is 0 Å². The fourth-order valence-electron chi connectivity index (χ4n) is 2.77. The van der Waals surface area contributed by atoms with Crippen molar-refractivity contribution in [1.82, 2.24) is 14.1 Å². The fraction of sp³-hybridized carbons (Fsp3) is 0.263. The number of hydrogen-bond donors (Lipinski definition) is 0. The molecule has 0 aliphatic carbocycles. The number of benzene rings is 1. The van der Waals surface area contributed by atoms with Gasteiger partial charge in [-0.25, -0.2) is 4.98 Å². The van der Waals surface area contributed by atoms with Gasteiger partial charge >= 0.3 is 0 Å². The SMILES string of the molecule is C=CCn1c(=S)sc2c(=O)n(CC(=O)c3ccc(CCC)cc3)cnc21. The highest BCUT2D eigenvalue weighted by molar-refractivity contribution is 7.73. The Morgan fingerprint density at radius 2 is 2.08 bits per heavy atom. The van der Waals surface area contributed by atoms with Crippen LogP contribution in [0.4, 0.5) is 0 Å². The largest absolute Gasteiger partial charge is 0.304 e. The highest BCUT2D eigenvalue weighted by atomic mass is 32.1. The third-order valence-electron chi connectivity index (χ3n) is 4.08. The zero-order chi connectivity index (χ0) is 18.7. The van der Waals surface area contributed by atoms with Gasteiger partial charge in [-0.15, -0.1) is 6.58 Å². The van der Waals surface area contributed by atoms with Crippen LogP contribution in [0.1, 0.15) is 29.3 Å². The molecular weight excluding hydrogens is 366 g/mol. The highest BCUT2D eigenvalue weighted by Crippen LogP contribution is 2.18. The summed E-state index contributed by atoms with van der Waals surface area (Å²) in [6.45, 7) is 6.27. The second-order valence-corrected chi connectivity index (χ2v) is 7.61. The molecule has 0 aliphatic heterocycles. The monoisotopic (exact) mass is 385 g/mol. The molecule has 0 aliphatic rings. The molecule has 0 saturated heterocycles. The van der Waals surface area contributed by atoms with Crippen molar-refractivity contribution >= 4 is 39.7 Å². The molecule has 3 rings (SSSR count). The zero-order valence-corrected chi connectivity index (χ0v) is 16.1. The van der Waals surface area contributed by atoms with Crippen molar-refractivity contribution in [2.24, 2.45) is 0 Å². The maximum Gasteiger partial charge on any atom is 0.273 e. The average Bonchev–Trinajstić information content (AvgIpc) is 2.95. The molecule has 2 heterocycles. The number of carbonyl (C=O) groups is 1. The number of carbonyl (C=O) groups excluding carboxylic acids is 1. The van der Waals surface area contributed by atoms with Gasteiger partial charge in [-0.2, -0.15) is 0 Å². The molecule has 2 aromatic heterocycles. The van der Waals surface area contributed by atoms with Crippen LogP contribution in [0.2, 0.25) is 0 Å². The van der Waals surface area contributed by atoms with Gasteiger partial charge in [-0.3, -0.25) is 14.2 Å². The number of rotatable bonds is 7. The number of hydrogen-bond acceptors (Lipinski definition) is 5. The molecule has 0 fully saturated rings. The van der Waals surface area contributed by atoms with Gasteiger partial charge in [0.25, 0.3) is 5.56 Å². The Morgan fingerprint density at radius 3 is 2.73 bits per heavy atom. The minimum absolute atomic E-state index is 0.0407. The molecule has 0 amide bonds. The number of aryl methyl sites for hydroxylation is 1. The normalized spacial score (nSPS) is 11.0. The van der Waals surface area contributed by atoms with E-state index in [1.807, 2.05) is 24.3 Å². The van der Waals surface area contributed by atoms with Crippen molar-refractivity contribution < 1.29 is 4.79 Å². The van der Waals surface area contributed by atoms with E-state index in [0.29, 0.717) is 26.4 Å². The first-order valence-corrected chi connectivity index (χ1v) is 9.59. The number of ketones is 1. The van der Waals surface area contributed by atoms with E-state index < -0.39 is 0 Å². The first kappa shape index (κ1) is 18.4. The van der Waals surface area contributed by atoms with E-state index in [0.717, 1.165) is 12.8 Å². The van der Waals surface area contributed by atoms with Gasteiger partial charge in [0.05, 0.1) is 6.54 Å². The van der Waals surface area contributed by atoms with E-state index in [1.165, 1.54) is 27.8 Å². The first-order chi connectivity index (χ1) is 12.5. The number of allylic oxidation sites excluding steroid dienone is 1. The molecule has 7 heteroatoms. The maximum atomic E-state index is 12.7. The van der Waals surface area contributed by atoms with Crippen LogP contribution >= 0.6 is 23.6 Å². The lowest BCUT2D eigenvalue weighted by Gasteiger charge is -2.06. The van der Waals surface area contributed by atoms with Crippen LogP contribution in [-0.2, 0) is 19.5 Å². The van der Waals surface area contributed by atoms with Crippen molar-refractivity contribution in [3.63, 3.8) is 0 Å². The van der Waals surface area contributed by atoms with E-state index in [4.69, 9.17) is 12.2 Å². The summed E-state index contributed by atoms with van der Waals surface area (Å²) in [5, 5.41) is 0. The Morgan fingerprint density at radius 1 is 1.35 bits per heavy atom. The average molecular weight is 386 g/mol. The molecule has 5 nitrogen and oxygen atoms in total. The molecule has 3 aromatic rings. The second kappa shape index (κ2) is 7.88. The van der Waals surface area contributed by atoms with Gasteiger partial charge < -0.3 is 4.57 Å². The maximum absolute atomic E-state index is 12.7. The smallest absolute Gasteiger partial charge is 0.273 e. The van der Waals surface area contributed by atoms with Gasteiger partial charge in [-0.1, -0.05) is 55.0 Å². The summed E-state index contributed by atoms with van der Waals surface area (Å²) in [5.41, 5.74) is 2.09. The molecule has 0 atom stereocenters. The van der Waals surface area contributed by atoms with Gasteiger partial charge in [0.2, 0.25) is 0 Å². The number of aromatic nitrogens is 3. The Balaban J connectivity index is 1.90. The summed E-state index contributed by atoms with van der Waals surface area (Å²) in [5.74, 6) is -0.120. The minimum atomic E-state index is -0.245. The predicted octanol–water partition coefficient (Wildman–Crippen LogP) is 4.01. The van der Waals surface area contributed by atoms with Crippen LogP contribution in [0, 0.1) is 3.95 Å². The lowest BCUT2D eigenvalue weighted by atomic mass is 10.1. The molecule has 0 unspecified atom stereocenters. The first-order valence-electron chi connectivity index (χ1n) is 8.37. The molecule has 134 valence electrons. The van der Waals surface area contributed by atoms with Crippen LogP contribution in [0.3, 0.4) is 0 Å². The summed E-state index contributed by atoms with van der Waals surface area (Å²) in [6, 6.07) is 7.55. The molecule has 1 aromatic carbocycles. The number of thiazole rings is 1. The Hall–Kier alpha value is -2.38. The molecule has 0 saturated carbocycles. The van der Waals surface area contributed by atoms with E-state index in [2.05, 4.69) is 18.5 Å². The third kappa shape index (κ3) is 3.59. The van der Waals surface area contributed by atoms with Crippen LogP contribution in [0.25, 0.3) is 10.3 Å². The third-order valence-corrected chi connectivity index (χ3v) is 5.51. The second-order valence-electron chi connectivity index (χ2n) is 5.97. The summed E-state index contributed by atoms with van der Waals surface area (Å²) < 4.78 is 4.14. The van der Waals surface area contributed by atoms with Gasteiger partial charge in [-0.05, 0) is 24.2 Å². The summed E-state index contributed by atoms with van der Waals surface area (Å²) in [4.78, 5) is 29.6. The van der Waals surface area contributed by atoms with E-state index in [-0.39, 0.29) is 17.9 Å². The standard InChI is InChI=1S/C19H19N3O2S2/c1-3-5-13-6-8-14(9-7-13)15(23)11-21-12-20-17-16(18(21)24)26-19(25)22(17)10-4-2/h4,6-9,12H,2-3,5,10-11H2,1H3. The molecule has 0 bridgehead atoms. The Bertz CT molecular complexity index is 1070. The summed E-state index contributed by atoms with van der Waals surface area (Å²) in [6.07, 6.45) is 5.17. The van der Waals surface area contributed by atoms with Gasteiger partial charge in [0, 0.05) is 12.1 Å². The molecular formula is C19H19N3O2S2. The quantitative estimate of drug-likeness (QED) is 0.350. The zero-order valence-electron chi connectivity index (χ0n) is 14.5. The van der Waals surface area contributed by atoms with Crippen molar-refractivity contribution in [2.75, 3.05) is 0 Å². The van der Waals surface area contributed by atoms with Crippen molar-refractivity contribution in [1.29, 1.82) is 0 Å². The number of fused-ring (bicyclic) bond motifs is 1. The van der Waals surface area contributed by atoms with E-state index in [1.54, 1.807) is 10.6 Å². The summed E-state index contributed by atoms with van der Waals surface area (Å²) >= 11 is 6.51. The van der Waals surface area contributed by atoms with Crippen LogP contribution in [-0.4, -0.2) is 19.9 Å². The number of nitrogens with zero attached hydrogens (tertiary/aromatic N) is 3. The molecule has 0 radical (unpaired) electrons. The topological polar surface area (TPSA) is 56.9 Å². The fourth-order valence-corrected chi connectivity index (χ4v) is 4.08. The van der Waals surface area contributed by atoms with Gasteiger partial charge in [0.1, 0.15) is 11.0 Å². The molecule has 26 heavy (non-hydrogen) atoms. The Labute approximate surface area is 160 Å². The van der Waals surface area contributed by atoms with Crippen LogP contribution < -0.4 is 5.56 Å². The van der Waals surface area contributed by atoms with Crippen LogP contribution in [0.15, 0.2) is 48.0 Å². The summed E-state index contributed by atoms with van der Waals surface area (Å²) in [7, 11) is 0. The predicted molar refractivity (Wildman–Crippen MR) is 108 cm³/mol. The van der Waals surface area contributed by atoms with E-state index in [9.17, 15) is 9.59 Å².